The monoisotopic (exact) mass is 355 g/mol. The van der Waals surface area contributed by atoms with E-state index in [0.29, 0.717) is 0 Å². The molecular weight excluding hydrogens is 334 g/mol. The number of para-hydroxylation sites is 1. The average molecular weight is 356 g/mol. The highest BCUT2D eigenvalue weighted by Crippen LogP contribution is 2.40. The van der Waals surface area contributed by atoms with Crippen molar-refractivity contribution in [3.05, 3.63) is 65.2 Å². The van der Waals surface area contributed by atoms with Gasteiger partial charge in [0.15, 0.2) is 0 Å². The van der Waals surface area contributed by atoms with Crippen molar-refractivity contribution in [2.75, 3.05) is 31.5 Å². The summed E-state index contributed by atoms with van der Waals surface area (Å²) < 4.78 is 0. The van der Waals surface area contributed by atoms with E-state index in [-0.39, 0.29) is 11.4 Å². The van der Waals surface area contributed by atoms with Gasteiger partial charge in [-0.2, -0.15) is 0 Å². The molecule has 25 heavy (non-hydrogen) atoms. The number of likely N-dealkylation sites (tertiary alicyclic amines) is 2. The Labute approximate surface area is 153 Å². The summed E-state index contributed by atoms with van der Waals surface area (Å²) in [6.45, 7) is 4.76. The minimum Gasteiger partial charge on any atom is -0.324 e. The standard InChI is InChI=1S/C20H22ClN3O/c21-17-8-6-16(7-9-17)12-23-13-20(14-23)10-11-24(15-20)19(25)22-18-4-2-1-3-5-18/h1-9H,10-15H2,(H,22,25). The first kappa shape index (κ1) is 16.4. The van der Waals surface area contributed by atoms with E-state index in [9.17, 15) is 4.79 Å². The summed E-state index contributed by atoms with van der Waals surface area (Å²) in [5.74, 6) is 0. The largest absolute Gasteiger partial charge is 0.324 e. The first-order valence-electron chi connectivity index (χ1n) is 8.70. The van der Waals surface area contributed by atoms with Gasteiger partial charge in [-0.15, -0.1) is 0 Å². The number of nitrogens with zero attached hydrogens (tertiary/aromatic N) is 2. The van der Waals surface area contributed by atoms with Crippen LogP contribution in [0.4, 0.5) is 10.5 Å². The van der Waals surface area contributed by atoms with Gasteiger partial charge in [0.25, 0.3) is 0 Å². The van der Waals surface area contributed by atoms with Crippen LogP contribution in [0, 0.1) is 5.41 Å². The van der Waals surface area contributed by atoms with Crippen LogP contribution in [0.5, 0.6) is 0 Å². The minimum atomic E-state index is 0.0132. The lowest BCUT2D eigenvalue weighted by atomic mass is 9.79. The zero-order valence-corrected chi connectivity index (χ0v) is 14.9. The van der Waals surface area contributed by atoms with Crippen molar-refractivity contribution >= 4 is 23.3 Å². The number of nitrogens with one attached hydrogen (secondary N) is 1. The van der Waals surface area contributed by atoms with Crippen LogP contribution in [0.2, 0.25) is 5.02 Å². The average Bonchev–Trinajstić information content (AvgIpc) is 3.03. The smallest absolute Gasteiger partial charge is 0.321 e. The molecule has 0 atom stereocenters. The number of amides is 2. The van der Waals surface area contributed by atoms with Gasteiger partial charge in [-0.3, -0.25) is 4.90 Å². The fourth-order valence-corrected chi connectivity index (χ4v) is 4.08. The van der Waals surface area contributed by atoms with Crippen molar-refractivity contribution in [3.63, 3.8) is 0 Å². The first-order valence-corrected chi connectivity index (χ1v) is 9.08. The number of hydrogen-bond acceptors (Lipinski definition) is 2. The summed E-state index contributed by atoms with van der Waals surface area (Å²) in [5, 5.41) is 3.76. The lowest BCUT2D eigenvalue weighted by Gasteiger charge is -2.48. The van der Waals surface area contributed by atoms with Gasteiger partial charge in [0, 0.05) is 48.8 Å². The van der Waals surface area contributed by atoms with Crippen LogP contribution in [-0.2, 0) is 6.54 Å². The molecule has 0 radical (unpaired) electrons. The minimum absolute atomic E-state index is 0.0132. The number of carbonyl (C=O) groups excluding carboxylic acids is 1. The molecule has 1 N–H and O–H groups in total. The summed E-state index contributed by atoms with van der Waals surface area (Å²) in [5.41, 5.74) is 2.42. The molecule has 4 nitrogen and oxygen atoms in total. The Balaban J connectivity index is 1.28. The van der Waals surface area contributed by atoms with Crippen molar-refractivity contribution in [3.8, 4) is 0 Å². The highest BCUT2D eigenvalue weighted by Gasteiger charge is 2.48. The second kappa shape index (κ2) is 6.70. The second-order valence-corrected chi connectivity index (χ2v) is 7.68. The van der Waals surface area contributed by atoms with Crippen LogP contribution < -0.4 is 5.32 Å². The van der Waals surface area contributed by atoms with Gasteiger partial charge in [0.2, 0.25) is 0 Å². The maximum Gasteiger partial charge on any atom is 0.321 e. The van der Waals surface area contributed by atoms with E-state index in [1.807, 2.05) is 47.4 Å². The number of hydrogen-bond donors (Lipinski definition) is 1. The molecule has 2 aromatic rings. The van der Waals surface area contributed by atoms with Crippen molar-refractivity contribution in [1.82, 2.24) is 9.80 Å². The zero-order chi connectivity index (χ0) is 17.3. The summed E-state index contributed by atoms with van der Waals surface area (Å²) in [6.07, 6.45) is 1.09. The molecule has 0 saturated carbocycles. The molecule has 0 bridgehead atoms. The molecule has 0 unspecified atom stereocenters. The third kappa shape index (κ3) is 3.65. The van der Waals surface area contributed by atoms with Crippen LogP contribution in [-0.4, -0.2) is 42.0 Å². The molecule has 2 aliphatic rings. The number of anilines is 1. The predicted octanol–water partition coefficient (Wildman–Crippen LogP) is 4.08. The van der Waals surface area contributed by atoms with E-state index in [1.165, 1.54) is 5.56 Å². The van der Waals surface area contributed by atoms with Gasteiger partial charge in [0.1, 0.15) is 0 Å². The summed E-state index contributed by atoms with van der Waals surface area (Å²) >= 11 is 5.94. The van der Waals surface area contributed by atoms with Crippen LogP contribution >= 0.6 is 11.6 Å². The molecular formula is C20H22ClN3O. The first-order chi connectivity index (χ1) is 12.1. The molecule has 2 aromatic carbocycles. The lowest BCUT2D eigenvalue weighted by molar-refractivity contribution is 0.00484. The number of benzene rings is 2. The maximum absolute atomic E-state index is 12.4. The van der Waals surface area contributed by atoms with Crippen molar-refractivity contribution < 1.29 is 4.79 Å². The summed E-state index contributed by atoms with van der Waals surface area (Å²) in [6, 6.07) is 17.7. The van der Waals surface area contributed by atoms with Gasteiger partial charge in [-0.1, -0.05) is 41.9 Å². The Kier molecular flexibility index (Phi) is 4.40. The molecule has 1 spiro atoms. The van der Waals surface area contributed by atoms with Gasteiger partial charge in [-0.25, -0.2) is 4.79 Å². The maximum atomic E-state index is 12.4. The van der Waals surface area contributed by atoms with Gasteiger partial charge >= 0.3 is 6.03 Å². The van der Waals surface area contributed by atoms with E-state index in [1.54, 1.807) is 0 Å². The number of carbonyl (C=O) groups is 1. The zero-order valence-electron chi connectivity index (χ0n) is 14.1. The van der Waals surface area contributed by atoms with E-state index < -0.39 is 0 Å². The Bertz CT molecular complexity index is 741. The predicted molar refractivity (Wildman–Crippen MR) is 101 cm³/mol. The topological polar surface area (TPSA) is 35.6 Å². The second-order valence-electron chi connectivity index (χ2n) is 7.24. The Hall–Kier alpha value is -2.04. The highest BCUT2D eigenvalue weighted by molar-refractivity contribution is 6.30. The van der Waals surface area contributed by atoms with Crippen molar-refractivity contribution in [1.29, 1.82) is 0 Å². The van der Waals surface area contributed by atoms with Crippen molar-refractivity contribution in [2.45, 2.75) is 13.0 Å². The van der Waals surface area contributed by atoms with Crippen molar-refractivity contribution in [2.24, 2.45) is 5.41 Å². The van der Waals surface area contributed by atoms with E-state index in [4.69, 9.17) is 11.6 Å². The SMILES string of the molecule is O=C(Nc1ccccc1)N1CCC2(CN(Cc3ccc(Cl)cc3)C2)C1. The van der Waals surface area contributed by atoms with Crippen LogP contribution in [0.25, 0.3) is 0 Å². The molecule has 2 aliphatic heterocycles. The number of halogens is 1. The van der Waals surface area contributed by atoms with E-state index in [0.717, 1.165) is 49.9 Å². The Morgan fingerprint density at radius 1 is 1.04 bits per heavy atom. The third-order valence-electron chi connectivity index (χ3n) is 5.19. The van der Waals surface area contributed by atoms with Gasteiger partial charge < -0.3 is 10.2 Å². The quantitative estimate of drug-likeness (QED) is 0.900. The molecule has 130 valence electrons. The molecule has 4 rings (SSSR count). The summed E-state index contributed by atoms with van der Waals surface area (Å²) in [4.78, 5) is 16.8. The molecule has 2 amide bonds. The van der Waals surface area contributed by atoms with Crippen LogP contribution in [0.3, 0.4) is 0 Å². The Morgan fingerprint density at radius 2 is 1.76 bits per heavy atom. The number of rotatable bonds is 3. The van der Waals surface area contributed by atoms with E-state index in [2.05, 4.69) is 22.3 Å². The van der Waals surface area contributed by atoms with Gasteiger partial charge in [0.05, 0.1) is 0 Å². The van der Waals surface area contributed by atoms with Crippen LogP contribution in [0.1, 0.15) is 12.0 Å². The molecule has 2 heterocycles. The molecule has 5 heteroatoms. The molecule has 0 aliphatic carbocycles. The van der Waals surface area contributed by atoms with Gasteiger partial charge in [-0.05, 0) is 36.2 Å². The fraction of sp³-hybridized carbons (Fsp3) is 0.350. The third-order valence-corrected chi connectivity index (χ3v) is 5.44. The molecule has 0 aromatic heterocycles. The normalized spacial score (nSPS) is 19.0. The number of urea groups is 1. The molecule has 2 fully saturated rings. The van der Waals surface area contributed by atoms with E-state index >= 15 is 0 Å². The fourth-order valence-electron chi connectivity index (χ4n) is 3.95. The molecule has 2 saturated heterocycles. The Morgan fingerprint density at radius 3 is 2.48 bits per heavy atom. The highest BCUT2D eigenvalue weighted by atomic mass is 35.5. The summed E-state index contributed by atoms with van der Waals surface area (Å²) in [7, 11) is 0. The van der Waals surface area contributed by atoms with Crippen LogP contribution in [0.15, 0.2) is 54.6 Å². The lowest BCUT2D eigenvalue weighted by Crippen LogP contribution is -2.57.